The molecule has 1 amide bonds. The fraction of sp³-hybridized carbons (Fsp3) is 0.833. The number of thioether (sulfide) groups is 1. The molecule has 2 rings (SSSR count). The maximum absolute atomic E-state index is 11.1. The van der Waals surface area contributed by atoms with E-state index in [0.717, 1.165) is 6.54 Å². The van der Waals surface area contributed by atoms with Gasteiger partial charge in [0.1, 0.15) is 5.50 Å². The molecule has 0 spiro atoms. The number of rotatable bonds is 0. The number of hydrogen-bond donors (Lipinski definition) is 0. The molecule has 10 heavy (non-hydrogen) atoms. The Morgan fingerprint density at radius 2 is 2.50 bits per heavy atom. The summed E-state index contributed by atoms with van der Waals surface area (Å²) in [7, 11) is 1.88. The van der Waals surface area contributed by atoms with Crippen molar-refractivity contribution in [1.29, 1.82) is 0 Å². The molecule has 0 radical (unpaired) electrons. The lowest BCUT2D eigenvalue weighted by atomic mass is 10.5. The second-order valence-corrected chi connectivity index (χ2v) is 3.84. The largest absolute Gasteiger partial charge is 0.320 e. The summed E-state index contributed by atoms with van der Waals surface area (Å²) in [6.45, 7) is 1.71. The van der Waals surface area contributed by atoms with Crippen molar-refractivity contribution >= 4 is 17.7 Å². The Labute approximate surface area is 64.4 Å². The first-order valence-corrected chi connectivity index (χ1v) is 4.45. The van der Waals surface area contributed by atoms with E-state index < -0.39 is 0 Å². The summed E-state index contributed by atoms with van der Waals surface area (Å²) in [6.07, 6.45) is 0. The average Bonchev–Trinajstić information content (AvgIpc) is 2.41. The zero-order chi connectivity index (χ0) is 7.14. The van der Waals surface area contributed by atoms with Crippen molar-refractivity contribution < 1.29 is 4.79 Å². The van der Waals surface area contributed by atoms with Gasteiger partial charge in [0.15, 0.2) is 0 Å². The van der Waals surface area contributed by atoms with Crippen molar-refractivity contribution in [1.82, 2.24) is 9.80 Å². The van der Waals surface area contributed by atoms with Crippen molar-refractivity contribution in [2.24, 2.45) is 0 Å². The van der Waals surface area contributed by atoms with Crippen LogP contribution in [0.5, 0.6) is 0 Å². The average molecular weight is 158 g/mol. The predicted molar refractivity (Wildman–Crippen MR) is 40.6 cm³/mol. The molecular formula is C6H10N2OS. The Morgan fingerprint density at radius 1 is 1.70 bits per heavy atom. The minimum Gasteiger partial charge on any atom is -0.320 e. The van der Waals surface area contributed by atoms with Crippen LogP contribution in [0.25, 0.3) is 0 Å². The highest BCUT2D eigenvalue weighted by Gasteiger charge is 2.38. The third-order valence-corrected chi connectivity index (χ3v) is 3.35. The van der Waals surface area contributed by atoms with Gasteiger partial charge in [0.25, 0.3) is 0 Å². The Hall–Kier alpha value is -0.220. The third-order valence-electron chi connectivity index (χ3n) is 2.02. The molecule has 1 atom stereocenters. The van der Waals surface area contributed by atoms with Crippen LogP contribution in [0.4, 0.5) is 0 Å². The van der Waals surface area contributed by atoms with Crippen molar-refractivity contribution in [2.75, 3.05) is 25.9 Å². The number of nitrogens with zero attached hydrogens (tertiary/aromatic N) is 2. The van der Waals surface area contributed by atoms with Gasteiger partial charge in [-0.05, 0) is 0 Å². The van der Waals surface area contributed by atoms with Crippen molar-refractivity contribution in [3.8, 4) is 0 Å². The molecule has 2 aliphatic rings. The van der Waals surface area contributed by atoms with Gasteiger partial charge in [-0.1, -0.05) is 0 Å². The van der Waals surface area contributed by atoms with E-state index >= 15 is 0 Å². The molecule has 2 saturated heterocycles. The van der Waals surface area contributed by atoms with E-state index in [4.69, 9.17) is 0 Å². The molecule has 4 heteroatoms. The van der Waals surface area contributed by atoms with Crippen molar-refractivity contribution in [3.63, 3.8) is 0 Å². The van der Waals surface area contributed by atoms with E-state index in [-0.39, 0.29) is 5.91 Å². The molecule has 0 aromatic carbocycles. The molecule has 0 aromatic heterocycles. The number of carbonyl (C=O) groups excluding carboxylic acids is 1. The fourth-order valence-electron chi connectivity index (χ4n) is 1.41. The third kappa shape index (κ3) is 0.754. The molecule has 0 N–H and O–H groups in total. The van der Waals surface area contributed by atoms with Crippen LogP contribution in [0.15, 0.2) is 0 Å². The zero-order valence-corrected chi connectivity index (χ0v) is 6.73. The monoisotopic (exact) mass is 158 g/mol. The Balaban J connectivity index is 2.16. The van der Waals surface area contributed by atoms with E-state index in [0.29, 0.717) is 12.0 Å². The van der Waals surface area contributed by atoms with Crippen LogP contribution in [0.1, 0.15) is 0 Å². The summed E-state index contributed by atoms with van der Waals surface area (Å²) < 4.78 is 0. The van der Waals surface area contributed by atoms with E-state index in [1.807, 2.05) is 23.7 Å². The smallest absolute Gasteiger partial charge is 0.238 e. The van der Waals surface area contributed by atoms with Gasteiger partial charge in [0, 0.05) is 19.3 Å². The maximum Gasteiger partial charge on any atom is 0.238 e. The lowest BCUT2D eigenvalue weighted by Gasteiger charge is -2.17. The Bertz CT molecular complexity index is 173. The lowest BCUT2D eigenvalue weighted by Crippen LogP contribution is -2.29. The van der Waals surface area contributed by atoms with Crippen LogP contribution in [-0.4, -0.2) is 47.1 Å². The first-order chi connectivity index (χ1) is 4.79. The van der Waals surface area contributed by atoms with Gasteiger partial charge in [0.2, 0.25) is 5.91 Å². The van der Waals surface area contributed by atoms with E-state index in [2.05, 4.69) is 4.90 Å². The fourth-order valence-corrected chi connectivity index (χ4v) is 2.70. The van der Waals surface area contributed by atoms with Gasteiger partial charge in [-0.15, -0.1) is 11.8 Å². The first-order valence-electron chi connectivity index (χ1n) is 3.40. The molecule has 0 aromatic rings. The minimum absolute atomic E-state index is 0.261. The van der Waals surface area contributed by atoms with Gasteiger partial charge in [-0.3, -0.25) is 9.69 Å². The SMILES string of the molecule is CN1C(=O)CN2CCSC21. The number of likely N-dealkylation sites (N-methyl/N-ethyl adjacent to an activating group) is 1. The predicted octanol–water partition coefficient (Wildman–Crippen LogP) is -0.209. The molecule has 0 bridgehead atoms. The quantitative estimate of drug-likeness (QED) is 0.487. The second-order valence-electron chi connectivity index (χ2n) is 2.67. The zero-order valence-electron chi connectivity index (χ0n) is 5.91. The van der Waals surface area contributed by atoms with Gasteiger partial charge in [-0.25, -0.2) is 0 Å². The molecular weight excluding hydrogens is 148 g/mol. The number of hydrogen-bond acceptors (Lipinski definition) is 3. The molecule has 0 aliphatic carbocycles. The number of carbonyl (C=O) groups is 1. The first kappa shape index (κ1) is 6.49. The Kier molecular flexibility index (Phi) is 1.38. The van der Waals surface area contributed by atoms with Crippen LogP contribution >= 0.6 is 11.8 Å². The second kappa shape index (κ2) is 2.13. The van der Waals surface area contributed by atoms with Gasteiger partial charge in [-0.2, -0.15) is 0 Å². The maximum atomic E-state index is 11.1. The highest BCUT2D eigenvalue weighted by atomic mass is 32.2. The van der Waals surface area contributed by atoms with Gasteiger partial charge in [0.05, 0.1) is 6.54 Å². The van der Waals surface area contributed by atoms with E-state index in [1.54, 1.807) is 0 Å². The summed E-state index contributed by atoms with van der Waals surface area (Å²) in [4.78, 5) is 15.1. The topological polar surface area (TPSA) is 23.6 Å². The van der Waals surface area contributed by atoms with Crippen LogP contribution < -0.4 is 0 Å². The molecule has 2 aliphatic heterocycles. The van der Waals surface area contributed by atoms with E-state index in [9.17, 15) is 4.79 Å². The molecule has 3 nitrogen and oxygen atoms in total. The van der Waals surface area contributed by atoms with Crippen LogP contribution in [0.2, 0.25) is 0 Å². The van der Waals surface area contributed by atoms with Crippen LogP contribution in [0.3, 0.4) is 0 Å². The summed E-state index contributed by atoms with van der Waals surface area (Å²) in [5, 5.41) is 0. The molecule has 2 fully saturated rings. The molecule has 0 saturated carbocycles. The van der Waals surface area contributed by atoms with Gasteiger partial charge >= 0.3 is 0 Å². The number of amides is 1. The van der Waals surface area contributed by atoms with Gasteiger partial charge < -0.3 is 4.90 Å². The lowest BCUT2D eigenvalue weighted by molar-refractivity contribution is -0.125. The summed E-state index contributed by atoms with van der Waals surface area (Å²) in [5.74, 6) is 1.43. The number of fused-ring (bicyclic) bond motifs is 1. The molecule has 2 heterocycles. The highest BCUT2D eigenvalue weighted by molar-refractivity contribution is 8.00. The highest BCUT2D eigenvalue weighted by Crippen LogP contribution is 2.29. The molecule has 56 valence electrons. The molecule has 1 unspecified atom stereocenters. The summed E-state index contributed by atoms with van der Waals surface area (Å²) >= 11 is 1.86. The summed E-state index contributed by atoms with van der Waals surface area (Å²) in [5.41, 5.74) is 0.354. The van der Waals surface area contributed by atoms with Crippen LogP contribution in [-0.2, 0) is 4.79 Å². The van der Waals surface area contributed by atoms with Crippen LogP contribution in [0, 0.1) is 0 Å². The standard InChI is InChI=1S/C6H10N2OS/c1-7-5(9)4-8-2-3-10-6(7)8/h6H,2-4H2,1H3. The normalized spacial score (nSPS) is 33.5. The summed E-state index contributed by atoms with van der Waals surface area (Å²) in [6, 6.07) is 0. The van der Waals surface area contributed by atoms with Crippen molar-refractivity contribution in [3.05, 3.63) is 0 Å². The Morgan fingerprint density at radius 3 is 3.20 bits per heavy atom. The van der Waals surface area contributed by atoms with E-state index in [1.165, 1.54) is 5.75 Å². The minimum atomic E-state index is 0.261. The van der Waals surface area contributed by atoms with Crippen molar-refractivity contribution in [2.45, 2.75) is 5.50 Å².